The Balaban J connectivity index is 3.31. The minimum atomic E-state index is -0.296. The second-order valence-corrected chi connectivity index (χ2v) is 2.08. The second-order valence-electron chi connectivity index (χ2n) is 2.08. The lowest BCUT2D eigenvalue weighted by atomic mass is 10.1. The van der Waals surface area contributed by atoms with Crippen LogP contribution in [0.15, 0.2) is 29.5 Å². The van der Waals surface area contributed by atoms with Gasteiger partial charge in [0.05, 0.1) is 17.4 Å². The zero-order valence-corrected chi connectivity index (χ0v) is 6.11. The molecule has 1 rings (SSSR count). The van der Waals surface area contributed by atoms with E-state index in [0.717, 1.165) is 0 Å². The molecule has 0 radical (unpaired) electrons. The molecule has 0 fully saturated rings. The van der Waals surface area contributed by atoms with Crippen molar-refractivity contribution >= 4 is 5.57 Å². The van der Waals surface area contributed by atoms with Gasteiger partial charge in [-0.15, -0.1) is 0 Å². The predicted molar refractivity (Wildman–Crippen MR) is 43.3 cm³/mol. The topological polar surface area (TPSA) is 76.9 Å². The first-order valence-electron chi connectivity index (χ1n) is 3.21. The van der Waals surface area contributed by atoms with E-state index in [4.69, 9.17) is 10.4 Å². The first-order valence-corrected chi connectivity index (χ1v) is 3.21. The van der Waals surface area contributed by atoms with Crippen LogP contribution in [0.1, 0.15) is 5.56 Å². The number of nitrogens with zero attached hydrogens (tertiary/aromatic N) is 1. The highest BCUT2D eigenvalue weighted by atomic mass is 16.2. The highest BCUT2D eigenvalue weighted by Gasteiger charge is 2.03. The van der Waals surface area contributed by atoms with Gasteiger partial charge < -0.3 is 10.1 Å². The number of aliphatic hydroxyl groups is 1. The Morgan fingerprint density at radius 1 is 1.75 bits per heavy atom. The maximum Gasteiger partial charge on any atom is 0.190 e. The molecular weight excluding hydrogens is 156 g/mol. The van der Waals surface area contributed by atoms with Gasteiger partial charge in [0, 0.05) is 18.5 Å². The second kappa shape index (κ2) is 3.39. The maximum absolute atomic E-state index is 11.1. The van der Waals surface area contributed by atoms with Gasteiger partial charge in [-0.2, -0.15) is 5.26 Å². The number of nitrogens with one attached hydrogen (secondary N) is 1. The van der Waals surface area contributed by atoms with E-state index in [1.165, 1.54) is 18.5 Å². The van der Waals surface area contributed by atoms with Crippen molar-refractivity contribution in [2.75, 3.05) is 0 Å². The monoisotopic (exact) mass is 162 g/mol. The smallest absolute Gasteiger partial charge is 0.190 e. The first kappa shape index (κ1) is 8.08. The van der Waals surface area contributed by atoms with Crippen molar-refractivity contribution < 1.29 is 5.11 Å². The number of aliphatic hydroxyl groups excluding tert-OH is 1. The summed E-state index contributed by atoms with van der Waals surface area (Å²) >= 11 is 0. The number of hydrogen-bond donors (Lipinski definition) is 2. The van der Waals surface area contributed by atoms with E-state index in [2.05, 4.69) is 4.98 Å². The van der Waals surface area contributed by atoms with Gasteiger partial charge >= 0.3 is 0 Å². The Hall–Kier alpha value is -2.02. The molecule has 1 heterocycles. The largest absolute Gasteiger partial charge is 0.514 e. The number of nitriles is 1. The number of pyridine rings is 1. The van der Waals surface area contributed by atoms with Crippen LogP contribution >= 0.6 is 0 Å². The highest BCUT2D eigenvalue weighted by molar-refractivity contribution is 5.74. The Kier molecular flexibility index (Phi) is 2.29. The molecule has 0 aromatic carbocycles. The molecule has 1 aromatic heterocycles. The van der Waals surface area contributed by atoms with E-state index in [0.29, 0.717) is 6.26 Å². The molecule has 0 amide bonds. The zero-order valence-electron chi connectivity index (χ0n) is 6.11. The fourth-order valence-electron chi connectivity index (χ4n) is 0.785. The Bertz CT molecular complexity index is 398. The summed E-state index contributed by atoms with van der Waals surface area (Å²) in [6.45, 7) is 0. The van der Waals surface area contributed by atoms with Gasteiger partial charge in [0.1, 0.15) is 6.07 Å². The van der Waals surface area contributed by atoms with Gasteiger partial charge in [-0.25, -0.2) is 0 Å². The lowest BCUT2D eigenvalue weighted by Gasteiger charge is -1.93. The lowest BCUT2D eigenvalue weighted by molar-refractivity contribution is 0.476. The van der Waals surface area contributed by atoms with Gasteiger partial charge in [-0.05, 0) is 0 Å². The van der Waals surface area contributed by atoms with Crippen molar-refractivity contribution in [3.8, 4) is 6.07 Å². The summed E-state index contributed by atoms with van der Waals surface area (Å²) < 4.78 is 0. The zero-order chi connectivity index (χ0) is 8.97. The first-order chi connectivity index (χ1) is 5.79. The van der Waals surface area contributed by atoms with Crippen LogP contribution in [0.3, 0.4) is 0 Å². The van der Waals surface area contributed by atoms with Crippen molar-refractivity contribution in [3.05, 3.63) is 40.5 Å². The minimum Gasteiger partial charge on any atom is -0.514 e. The molecular formula is C8H6N2O2. The van der Waals surface area contributed by atoms with E-state index >= 15 is 0 Å². The summed E-state index contributed by atoms with van der Waals surface area (Å²) in [5.41, 5.74) is -0.171. The summed E-state index contributed by atoms with van der Waals surface area (Å²) in [6.07, 6.45) is 3.44. The van der Waals surface area contributed by atoms with Crippen LogP contribution in [-0.2, 0) is 0 Å². The Morgan fingerprint density at radius 2 is 2.50 bits per heavy atom. The third kappa shape index (κ3) is 1.35. The molecule has 2 N–H and O–H groups in total. The Morgan fingerprint density at radius 3 is 3.00 bits per heavy atom. The van der Waals surface area contributed by atoms with Crippen molar-refractivity contribution in [1.82, 2.24) is 4.98 Å². The normalized spacial score (nSPS) is 10.8. The fraction of sp³-hybridized carbons (Fsp3) is 0. The molecule has 12 heavy (non-hydrogen) atoms. The summed E-state index contributed by atoms with van der Waals surface area (Å²) in [4.78, 5) is 13.7. The van der Waals surface area contributed by atoms with Crippen molar-refractivity contribution in [3.63, 3.8) is 0 Å². The molecule has 60 valence electrons. The number of hydrogen-bond acceptors (Lipinski definition) is 3. The van der Waals surface area contributed by atoms with E-state index in [1.807, 2.05) is 0 Å². The molecule has 0 spiro atoms. The van der Waals surface area contributed by atoms with E-state index in [9.17, 15) is 4.79 Å². The third-order valence-electron chi connectivity index (χ3n) is 1.36. The molecule has 0 aliphatic carbocycles. The molecule has 0 saturated carbocycles. The highest BCUT2D eigenvalue weighted by Crippen LogP contribution is 2.04. The maximum atomic E-state index is 11.1. The Labute approximate surface area is 68.4 Å². The van der Waals surface area contributed by atoms with Crippen LogP contribution in [0, 0.1) is 11.3 Å². The molecule has 1 aromatic rings. The molecule has 0 saturated heterocycles. The lowest BCUT2D eigenvalue weighted by Crippen LogP contribution is -2.05. The summed E-state index contributed by atoms with van der Waals surface area (Å²) in [5.74, 6) is 0. The van der Waals surface area contributed by atoms with Crippen molar-refractivity contribution in [2.24, 2.45) is 0 Å². The molecule has 4 nitrogen and oxygen atoms in total. The van der Waals surface area contributed by atoms with Crippen LogP contribution in [-0.4, -0.2) is 10.1 Å². The van der Waals surface area contributed by atoms with Gasteiger partial charge in [0.2, 0.25) is 0 Å². The summed E-state index contributed by atoms with van der Waals surface area (Å²) in [5, 5.41) is 17.0. The van der Waals surface area contributed by atoms with Crippen molar-refractivity contribution in [2.45, 2.75) is 0 Å². The standard InChI is InChI=1S/C8H6N2O2/c9-3-6(5-11)7-4-10-2-1-8(7)12/h1-2,4-5,11H,(H,10,12)/b6-5-. The molecule has 0 aliphatic heterocycles. The SMILES string of the molecule is N#C/C(=C/O)c1c[nH]ccc1=O. The molecule has 0 atom stereocenters. The summed E-state index contributed by atoms with van der Waals surface area (Å²) in [6, 6.07) is 2.99. The third-order valence-corrected chi connectivity index (χ3v) is 1.36. The van der Waals surface area contributed by atoms with Crippen LogP contribution in [0.4, 0.5) is 0 Å². The van der Waals surface area contributed by atoms with Crippen LogP contribution in [0.5, 0.6) is 0 Å². The average Bonchev–Trinajstić information content (AvgIpc) is 2.10. The number of H-pyrrole nitrogens is 1. The molecule has 4 heteroatoms. The van der Waals surface area contributed by atoms with Crippen LogP contribution in [0.25, 0.3) is 5.57 Å². The van der Waals surface area contributed by atoms with Crippen LogP contribution in [0.2, 0.25) is 0 Å². The number of allylic oxidation sites excluding steroid dienone is 1. The van der Waals surface area contributed by atoms with E-state index in [1.54, 1.807) is 6.07 Å². The van der Waals surface area contributed by atoms with Gasteiger partial charge in [0.25, 0.3) is 0 Å². The number of rotatable bonds is 1. The van der Waals surface area contributed by atoms with E-state index in [-0.39, 0.29) is 16.6 Å². The fourth-order valence-corrected chi connectivity index (χ4v) is 0.785. The quantitative estimate of drug-likeness (QED) is 0.473. The number of aromatic amines is 1. The minimum absolute atomic E-state index is 0.0446. The predicted octanol–water partition coefficient (Wildman–Crippen LogP) is 0.797. The van der Waals surface area contributed by atoms with Gasteiger partial charge in [-0.3, -0.25) is 4.79 Å². The van der Waals surface area contributed by atoms with Gasteiger partial charge in [-0.1, -0.05) is 0 Å². The number of aromatic nitrogens is 1. The molecule has 0 bridgehead atoms. The average molecular weight is 162 g/mol. The summed E-state index contributed by atoms with van der Waals surface area (Å²) in [7, 11) is 0. The van der Waals surface area contributed by atoms with Gasteiger partial charge in [0.15, 0.2) is 5.43 Å². The molecule has 0 unspecified atom stereocenters. The van der Waals surface area contributed by atoms with Crippen molar-refractivity contribution in [1.29, 1.82) is 5.26 Å². The molecule has 0 aliphatic rings. The van der Waals surface area contributed by atoms with Crippen LogP contribution < -0.4 is 5.43 Å². The van der Waals surface area contributed by atoms with E-state index < -0.39 is 0 Å².